The Bertz CT molecular complexity index is 937. The molecule has 26 heavy (non-hydrogen) atoms. The third-order valence-corrected chi connectivity index (χ3v) is 5.11. The number of benzene rings is 3. The molecule has 0 fully saturated rings. The Morgan fingerprint density at radius 3 is 1.62 bits per heavy atom. The minimum atomic E-state index is 0.360. The number of hydrogen-bond donors (Lipinski definition) is 2. The summed E-state index contributed by atoms with van der Waals surface area (Å²) < 4.78 is 0. The zero-order valence-electron chi connectivity index (χ0n) is 16.1. The lowest BCUT2D eigenvalue weighted by Gasteiger charge is -2.18. The molecule has 0 aliphatic rings. The van der Waals surface area contributed by atoms with Gasteiger partial charge in [0.05, 0.1) is 0 Å². The Hall–Kier alpha value is -2.74. The van der Waals surface area contributed by atoms with Crippen LogP contribution >= 0.6 is 0 Å². The van der Waals surface area contributed by atoms with E-state index in [2.05, 4.69) is 37.3 Å². The van der Waals surface area contributed by atoms with Crippen molar-refractivity contribution in [1.29, 1.82) is 0 Å². The van der Waals surface area contributed by atoms with Gasteiger partial charge < -0.3 is 10.2 Å². The standard InChI is InChI=1S/C24H26O2/c1-6-18-8-7-9-21(19-10-14(2)23(25)15(3)11-19)22(18)20-12-16(4)24(26)17(5)13-20/h7-13,25-26H,6H2,1-5H3. The molecule has 134 valence electrons. The number of aromatic hydroxyl groups is 2. The van der Waals surface area contributed by atoms with Gasteiger partial charge in [0, 0.05) is 0 Å². The van der Waals surface area contributed by atoms with Crippen molar-refractivity contribution in [3.8, 4) is 33.8 Å². The molecule has 0 heterocycles. The molecule has 2 nitrogen and oxygen atoms in total. The smallest absolute Gasteiger partial charge is 0.121 e. The summed E-state index contributed by atoms with van der Waals surface area (Å²) in [7, 11) is 0. The number of phenols is 2. The molecular weight excluding hydrogens is 320 g/mol. The molecular formula is C24H26O2. The van der Waals surface area contributed by atoms with Crippen LogP contribution in [-0.2, 0) is 6.42 Å². The highest BCUT2D eigenvalue weighted by Gasteiger charge is 2.15. The Kier molecular flexibility index (Phi) is 4.78. The van der Waals surface area contributed by atoms with Crippen LogP contribution in [0.25, 0.3) is 22.3 Å². The van der Waals surface area contributed by atoms with Crippen molar-refractivity contribution < 1.29 is 10.2 Å². The summed E-state index contributed by atoms with van der Waals surface area (Å²) in [4.78, 5) is 0. The van der Waals surface area contributed by atoms with Crippen molar-refractivity contribution in [2.75, 3.05) is 0 Å². The molecule has 0 spiro atoms. The first-order valence-electron chi connectivity index (χ1n) is 9.06. The molecule has 0 radical (unpaired) electrons. The average molecular weight is 346 g/mol. The van der Waals surface area contributed by atoms with E-state index in [1.807, 2.05) is 39.8 Å². The summed E-state index contributed by atoms with van der Waals surface area (Å²) in [5.41, 5.74) is 9.38. The first kappa shape index (κ1) is 18.1. The van der Waals surface area contributed by atoms with E-state index in [9.17, 15) is 10.2 Å². The van der Waals surface area contributed by atoms with Gasteiger partial charge in [0.2, 0.25) is 0 Å². The van der Waals surface area contributed by atoms with Crippen molar-refractivity contribution in [3.63, 3.8) is 0 Å². The SMILES string of the molecule is CCc1cccc(-c2cc(C)c(O)c(C)c2)c1-c1cc(C)c(O)c(C)c1. The summed E-state index contributed by atoms with van der Waals surface area (Å²) in [5, 5.41) is 20.3. The lowest BCUT2D eigenvalue weighted by molar-refractivity contribution is 0.466. The van der Waals surface area contributed by atoms with Gasteiger partial charge in [-0.2, -0.15) is 0 Å². The van der Waals surface area contributed by atoms with Crippen molar-refractivity contribution in [2.24, 2.45) is 0 Å². The van der Waals surface area contributed by atoms with Crippen LogP contribution in [0.3, 0.4) is 0 Å². The highest BCUT2D eigenvalue weighted by atomic mass is 16.3. The van der Waals surface area contributed by atoms with E-state index < -0.39 is 0 Å². The molecule has 0 atom stereocenters. The molecule has 2 N–H and O–H groups in total. The van der Waals surface area contributed by atoms with E-state index in [-0.39, 0.29) is 0 Å². The van der Waals surface area contributed by atoms with E-state index in [1.165, 1.54) is 11.1 Å². The second kappa shape index (κ2) is 6.87. The highest BCUT2D eigenvalue weighted by Crippen LogP contribution is 2.39. The van der Waals surface area contributed by atoms with E-state index in [1.54, 1.807) is 0 Å². The monoisotopic (exact) mass is 346 g/mol. The average Bonchev–Trinajstić information content (AvgIpc) is 2.62. The molecule has 3 rings (SSSR count). The van der Waals surface area contributed by atoms with Crippen LogP contribution in [0.4, 0.5) is 0 Å². The molecule has 0 unspecified atom stereocenters. The summed E-state index contributed by atoms with van der Waals surface area (Å²) in [5.74, 6) is 0.721. The summed E-state index contributed by atoms with van der Waals surface area (Å²) >= 11 is 0. The van der Waals surface area contributed by atoms with Crippen LogP contribution in [0.1, 0.15) is 34.7 Å². The number of aryl methyl sites for hydroxylation is 5. The van der Waals surface area contributed by atoms with E-state index >= 15 is 0 Å². The fraction of sp³-hybridized carbons (Fsp3) is 0.250. The van der Waals surface area contributed by atoms with Crippen LogP contribution in [0, 0.1) is 27.7 Å². The Balaban J connectivity index is 2.33. The Morgan fingerprint density at radius 2 is 1.15 bits per heavy atom. The van der Waals surface area contributed by atoms with Gasteiger partial charge in [0.25, 0.3) is 0 Å². The van der Waals surface area contributed by atoms with Gasteiger partial charge >= 0.3 is 0 Å². The fourth-order valence-corrected chi connectivity index (χ4v) is 3.69. The third kappa shape index (κ3) is 3.08. The molecule has 0 aliphatic heterocycles. The van der Waals surface area contributed by atoms with E-state index in [0.29, 0.717) is 11.5 Å². The van der Waals surface area contributed by atoms with Crippen LogP contribution in [-0.4, -0.2) is 10.2 Å². The minimum absolute atomic E-state index is 0.360. The van der Waals surface area contributed by atoms with Gasteiger partial charge in [-0.15, -0.1) is 0 Å². The normalized spacial score (nSPS) is 11.0. The van der Waals surface area contributed by atoms with Crippen LogP contribution in [0.5, 0.6) is 11.5 Å². The molecule has 3 aromatic carbocycles. The summed E-state index contributed by atoms with van der Waals surface area (Å²) in [6.45, 7) is 9.91. The van der Waals surface area contributed by atoms with Crippen LogP contribution < -0.4 is 0 Å². The van der Waals surface area contributed by atoms with Crippen molar-refractivity contribution >= 4 is 0 Å². The number of rotatable bonds is 3. The fourth-order valence-electron chi connectivity index (χ4n) is 3.69. The summed E-state index contributed by atoms with van der Waals surface area (Å²) in [6.07, 6.45) is 0.929. The molecule has 0 bridgehead atoms. The predicted octanol–water partition coefficient (Wildman–Crippen LogP) is 6.23. The molecule has 0 saturated carbocycles. The van der Waals surface area contributed by atoms with Gasteiger partial charge in [-0.1, -0.05) is 25.1 Å². The zero-order valence-corrected chi connectivity index (χ0v) is 16.1. The van der Waals surface area contributed by atoms with Gasteiger partial charge in [0.15, 0.2) is 0 Å². The molecule has 0 aromatic heterocycles. The second-order valence-corrected chi connectivity index (χ2v) is 7.11. The molecule has 0 saturated heterocycles. The first-order chi connectivity index (χ1) is 12.3. The van der Waals surface area contributed by atoms with Gasteiger partial charge in [-0.05, 0) is 108 Å². The molecule has 0 amide bonds. The lowest BCUT2D eigenvalue weighted by Crippen LogP contribution is -1.95. The number of phenolic OH excluding ortho intramolecular Hbond substituents is 2. The van der Waals surface area contributed by atoms with Gasteiger partial charge in [-0.25, -0.2) is 0 Å². The maximum Gasteiger partial charge on any atom is 0.121 e. The summed E-state index contributed by atoms with van der Waals surface area (Å²) in [6, 6.07) is 14.6. The maximum absolute atomic E-state index is 10.2. The third-order valence-electron chi connectivity index (χ3n) is 5.11. The Morgan fingerprint density at radius 1 is 0.692 bits per heavy atom. The highest BCUT2D eigenvalue weighted by molar-refractivity contribution is 5.87. The van der Waals surface area contributed by atoms with E-state index in [4.69, 9.17) is 0 Å². The first-order valence-corrected chi connectivity index (χ1v) is 9.06. The van der Waals surface area contributed by atoms with Crippen molar-refractivity contribution in [1.82, 2.24) is 0 Å². The predicted molar refractivity (Wildman–Crippen MR) is 109 cm³/mol. The lowest BCUT2D eigenvalue weighted by atomic mass is 9.87. The molecule has 2 heteroatoms. The maximum atomic E-state index is 10.2. The largest absolute Gasteiger partial charge is 0.507 e. The van der Waals surface area contributed by atoms with Crippen molar-refractivity contribution in [2.45, 2.75) is 41.0 Å². The van der Waals surface area contributed by atoms with E-state index in [0.717, 1.165) is 45.4 Å². The zero-order chi connectivity index (χ0) is 19.0. The molecule has 3 aromatic rings. The topological polar surface area (TPSA) is 40.5 Å². The quantitative estimate of drug-likeness (QED) is 0.590. The van der Waals surface area contributed by atoms with Crippen LogP contribution in [0.2, 0.25) is 0 Å². The van der Waals surface area contributed by atoms with Crippen molar-refractivity contribution in [3.05, 3.63) is 70.3 Å². The number of hydrogen-bond acceptors (Lipinski definition) is 2. The Labute approximate surface area is 155 Å². The van der Waals surface area contributed by atoms with Gasteiger partial charge in [0.1, 0.15) is 11.5 Å². The second-order valence-electron chi connectivity index (χ2n) is 7.11. The van der Waals surface area contributed by atoms with Crippen LogP contribution in [0.15, 0.2) is 42.5 Å². The van der Waals surface area contributed by atoms with Gasteiger partial charge in [-0.3, -0.25) is 0 Å². The minimum Gasteiger partial charge on any atom is -0.507 e. The molecule has 0 aliphatic carbocycles.